The summed E-state index contributed by atoms with van der Waals surface area (Å²) in [5, 5.41) is 9.52. The highest BCUT2D eigenvalue weighted by atomic mass is 32.2. The van der Waals surface area contributed by atoms with Gasteiger partial charge in [0, 0.05) is 12.0 Å². The molecule has 0 spiro atoms. The minimum absolute atomic E-state index is 0.124. The largest absolute Gasteiger partial charge is 0.395 e. The fraction of sp³-hybridized carbons (Fsp3) is 0.667. The molecular formula is C21H32N2O3S. The molecule has 3 rings (SSSR count). The van der Waals surface area contributed by atoms with Crippen molar-refractivity contribution in [2.75, 3.05) is 6.61 Å². The predicted molar refractivity (Wildman–Crippen MR) is 109 cm³/mol. The van der Waals surface area contributed by atoms with E-state index in [-0.39, 0.29) is 10.3 Å². The van der Waals surface area contributed by atoms with Crippen molar-refractivity contribution >= 4 is 20.9 Å². The van der Waals surface area contributed by atoms with Gasteiger partial charge < -0.3 is 9.67 Å². The number of aromatic nitrogens is 2. The van der Waals surface area contributed by atoms with Gasteiger partial charge >= 0.3 is 0 Å². The second-order valence-corrected chi connectivity index (χ2v) is 12.1. The summed E-state index contributed by atoms with van der Waals surface area (Å²) in [6.45, 7) is 10.1. The first kappa shape index (κ1) is 20.3. The number of sulfone groups is 1. The van der Waals surface area contributed by atoms with Crippen molar-refractivity contribution in [3.05, 3.63) is 24.0 Å². The zero-order chi connectivity index (χ0) is 20.0. The number of rotatable bonds is 5. The Labute approximate surface area is 162 Å². The van der Waals surface area contributed by atoms with Crippen LogP contribution in [-0.2, 0) is 21.8 Å². The Balaban J connectivity index is 2.13. The number of hydrogen-bond donors (Lipinski definition) is 1. The summed E-state index contributed by atoms with van der Waals surface area (Å²) in [5.41, 5.74) is 1.58. The number of aliphatic hydroxyl groups excluding tert-OH is 1. The molecule has 27 heavy (non-hydrogen) atoms. The van der Waals surface area contributed by atoms with Gasteiger partial charge in [-0.05, 0) is 50.8 Å². The fourth-order valence-corrected chi connectivity index (χ4v) is 5.21. The first-order valence-electron chi connectivity index (χ1n) is 9.83. The molecule has 1 aliphatic carbocycles. The number of aliphatic hydroxyl groups is 1. The van der Waals surface area contributed by atoms with E-state index in [4.69, 9.17) is 4.98 Å². The lowest BCUT2D eigenvalue weighted by molar-refractivity contribution is 0.258. The van der Waals surface area contributed by atoms with E-state index in [1.54, 1.807) is 26.0 Å². The summed E-state index contributed by atoms with van der Waals surface area (Å²) < 4.78 is 26.9. The zero-order valence-corrected chi connectivity index (χ0v) is 17.9. The number of hydrogen-bond acceptors (Lipinski definition) is 4. The van der Waals surface area contributed by atoms with Crippen LogP contribution >= 0.6 is 0 Å². The average Bonchev–Trinajstić information content (AvgIpc) is 3.22. The van der Waals surface area contributed by atoms with Crippen molar-refractivity contribution in [3.63, 3.8) is 0 Å². The minimum Gasteiger partial charge on any atom is -0.395 e. The van der Waals surface area contributed by atoms with Crippen molar-refractivity contribution in [2.45, 2.75) is 81.9 Å². The molecule has 1 aromatic carbocycles. The lowest BCUT2D eigenvalue weighted by atomic mass is 9.95. The standard InChI is InChI=1S/C21H32N2O3S/c1-20(2,3)19-22-17-12-16(27(25,26)21(4,5)14-24)10-11-18(17)23(19)13-15-8-6-7-9-15/h10-12,15,24H,6-9,13-14H2,1-5H3. The molecule has 0 radical (unpaired) electrons. The molecule has 1 saturated carbocycles. The van der Waals surface area contributed by atoms with Crippen molar-refractivity contribution in [1.82, 2.24) is 9.55 Å². The summed E-state index contributed by atoms with van der Waals surface area (Å²) in [7, 11) is -3.64. The molecule has 0 bridgehead atoms. The van der Waals surface area contributed by atoms with Crippen LogP contribution in [0.3, 0.4) is 0 Å². The molecule has 0 amide bonds. The molecule has 1 N–H and O–H groups in total. The maximum atomic E-state index is 12.9. The second kappa shape index (κ2) is 6.89. The van der Waals surface area contributed by atoms with Gasteiger partial charge in [-0.2, -0.15) is 0 Å². The molecule has 0 atom stereocenters. The number of benzene rings is 1. The Morgan fingerprint density at radius 3 is 2.33 bits per heavy atom. The second-order valence-electron chi connectivity index (χ2n) is 9.52. The molecule has 2 aromatic rings. The third-order valence-electron chi connectivity index (χ3n) is 5.72. The molecule has 6 heteroatoms. The predicted octanol–water partition coefficient (Wildman–Crippen LogP) is 4.07. The summed E-state index contributed by atoms with van der Waals surface area (Å²) in [5.74, 6) is 1.67. The number of imidazole rings is 1. The molecule has 0 unspecified atom stereocenters. The zero-order valence-electron chi connectivity index (χ0n) is 17.1. The van der Waals surface area contributed by atoms with Gasteiger partial charge in [0.05, 0.1) is 27.3 Å². The lowest BCUT2D eigenvalue weighted by Crippen LogP contribution is -2.35. The topological polar surface area (TPSA) is 72.2 Å². The van der Waals surface area contributed by atoms with Crippen LogP contribution in [-0.4, -0.2) is 34.4 Å². The SMILES string of the molecule is CC(C)(C)c1nc2cc(S(=O)(=O)C(C)(C)CO)ccc2n1CC1CCCC1. The number of fused-ring (bicyclic) bond motifs is 1. The van der Waals surface area contributed by atoms with E-state index < -0.39 is 21.2 Å². The van der Waals surface area contributed by atoms with Crippen LogP contribution in [0.1, 0.15) is 66.1 Å². The third-order valence-corrected chi connectivity index (χ3v) is 8.18. The first-order chi connectivity index (χ1) is 12.5. The maximum absolute atomic E-state index is 12.9. The highest BCUT2D eigenvalue weighted by Gasteiger charge is 2.36. The van der Waals surface area contributed by atoms with Crippen LogP contribution in [0, 0.1) is 5.92 Å². The summed E-state index contributed by atoms with van der Waals surface area (Å²) >= 11 is 0. The summed E-state index contributed by atoms with van der Waals surface area (Å²) in [4.78, 5) is 5.07. The van der Waals surface area contributed by atoms with Gasteiger partial charge in [-0.3, -0.25) is 0 Å². The Kier molecular flexibility index (Phi) is 5.19. The van der Waals surface area contributed by atoms with E-state index >= 15 is 0 Å². The van der Waals surface area contributed by atoms with E-state index in [0.29, 0.717) is 11.4 Å². The average molecular weight is 393 g/mol. The molecule has 0 aliphatic heterocycles. The van der Waals surface area contributed by atoms with Gasteiger partial charge in [0.25, 0.3) is 0 Å². The molecule has 1 fully saturated rings. The monoisotopic (exact) mass is 392 g/mol. The highest BCUT2D eigenvalue weighted by Crippen LogP contribution is 2.33. The van der Waals surface area contributed by atoms with Crippen LogP contribution in [0.25, 0.3) is 11.0 Å². The Bertz CT molecular complexity index is 930. The molecule has 5 nitrogen and oxygen atoms in total. The van der Waals surface area contributed by atoms with E-state index in [0.717, 1.165) is 17.9 Å². The van der Waals surface area contributed by atoms with Crippen molar-refractivity contribution in [1.29, 1.82) is 0 Å². The van der Waals surface area contributed by atoms with Crippen LogP contribution in [0.4, 0.5) is 0 Å². The smallest absolute Gasteiger partial charge is 0.185 e. The van der Waals surface area contributed by atoms with Gasteiger partial charge in [0.2, 0.25) is 0 Å². The van der Waals surface area contributed by atoms with Gasteiger partial charge in [-0.15, -0.1) is 0 Å². The van der Waals surface area contributed by atoms with Crippen LogP contribution < -0.4 is 0 Å². The van der Waals surface area contributed by atoms with Gasteiger partial charge in [-0.1, -0.05) is 33.6 Å². The molecular weight excluding hydrogens is 360 g/mol. The molecule has 1 aliphatic rings. The Hall–Kier alpha value is -1.40. The van der Waals surface area contributed by atoms with Gasteiger partial charge in [-0.25, -0.2) is 13.4 Å². The maximum Gasteiger partial charge on any atom is 0.185 e. The van der Waals surface area contributed by atoms with Gasteiger partial charge in [0.1, 0.15) is 5.82 Å². The number of nitrogens with zero attached hydrogens (tertiary/aromatic N) is 2. The molecule has 1 aromatic heterocycles. The van der Waals surface area contributed by atoms with Crippen molar-refractivity contribution < 1.29 is 13.5 Å². The van der Waals surface area contributed by atoms with E-state index in [9.17, 15) is 13.5 Å². The van der Waals surface area contributed by atoms with Crippen LogP contribution in [0.2, 0.25) is 0 Å². The highest BCUT2D eigenvalue weighted by molar-refractivity contribution is 7.92. The van der Waals surface area contributed by atoms with Crippen LogP contribution in [0.15, 0.2) is 23.1 Å². The van der Waals surface area contributed by atoms with E-state index in [2.05, 4.69) is 25.3 Å². The minimum atomic E-state index is -3.64. The molecule has 0 saturated heterocycles. The Morgan fingerprint density at radius 2 is 1.78 bits per heavy atom. The fourth-order valence-electron chi connectivity index (χ4n) is 3.89. The lowest BCUT2D eigenvalue weighted by Gasteiger charge is -2.22. The molecule has 150 valence electrons. The van der Waals surface area contributed by atoms with E-state index in [1.807, 2.05) is 6.07 Å². The van der Waals surface area contributed by atoms with Crippen molar-refractivity contribution in [3.8, 4) is 0 Å². The normalized spacial score (nSPS) is 17.1. The Morgan fingerprint density at radius 1 is 1.15 bits per heavy atom. The quantitative estimate of drug-likeness (QED) is 0.832. The van der Waals surface area contributed by atoms with Crippen molar-refractivity contribution in [2.24, 2.45) is 5.92 Å². The first-order valence-corrected chi connectivity index (χ1v) is 11.3. The third kappa shape index (κ3) is 3.66. The molecule has 1 heterocycles. The summed E-state index contributed by atoms with van der Waals surface area (Å²) in [6.07, 6.45) is 5.09. The summed E-state index contributed by atoms with van der Waals surface area (Å²) in [6, 6.07) is 5.21. The van der Waals surface area contributed by atoms with Gasteiger partial charge in [0.15, 0.2) is 9.84 Å². The van der Waals surface area contributed by atoms with Crippen LogP contribution in [0.5, 0.6) is 0 Å². The van der Waals surface area contributed by atoms with E-state index in [1.165, 1.54) is 25.7 Å².